The number of thioether (sulfide) groups is 1. The largest absolute Gasteiger partial charge is 0.478 e. The SMILES string of the molecule is CC1(C)CCSc2ccc(/C=C/c3ccc(C(=O)O)cc3)cc21. The van der Waals surface area contributed by atoms with Crippen LogP contribution in [0.3, 0.4) is 0 Å². The number of hydrogen-bond acceptors (Lipinski definition) is 2. The number of carboxylic acid groups (broad SMARTS) is 1. The molecular formula is C20H20O2S. The molecule has 3 heteroatoms. The summed E-state index contributed by atoms with van der Waals surface area (Å²) in [6.07, 6.45) is 5.32. The first-order chi connectivity index (χ1) is 11.0. The van der Waals surface area contributed by atoms with Crippen LogP contribution in [0.1, 0.15) is 47.3 Å². The second kappa shape index (κ2) is 6.25. The van der Waals surface area contributed by atoms with Gasteiger partial charge in [-0.2, -0.15) is 0 Å². The molecule has 0 atom stereocenters. The summed E-state index contributed by atoms with van der Waals surface area (Å²) in [6.45, 7) is 4.62. The van der Waals surface area contributed by atoms with Crippen LogP contribution in [0.15, 0.2) is 47.4 Å². The lowest BCUT2D eigenvalue weighted by molar-refractivity contribution is 0.0697. The summed E-state index contributed by atoms with van der Waals surface area (Å²) in [4.78, 5) is 12.3. The zero-order chi connectivity index (χ0) is 16.4. The molecule has 0 aromatic heterocycles. The van der Waals surface area contributed by atoms with Gasteiger partial charge in [0.15, 0.2) is 0 Å². The number of rotatable bonds is 3. The van der Waals surface area contributed by atoms with E-state index >= 15 is 0 Å². The van der Waals surface area contributed by atoms with Gasteiger partial charge in [-0.1, -0.05) is 50.3 Å². The van der Waals surface area contributed by atoms with Crippen molar-refractivity contribution in [2.24, 2.45) is 0 Å². The molecule has 2 aromatic carbocycles. The Kier molecular flexibility index (Phi) is 4.31. The molecule has 0 saturated carbocycles. The summed E-state index contributed by atoms with van der Waals surface area (Å²) in [5.74, 6) is 0.292. The van der Waals surface area contributed by atoms with Gasteiger partial charge >= 0.3 is 5.97 Å². The molecule has 0 saturated heterocycles. The van der Waals surface area contributed by atoms with E-state index in [1.807, 2.05) is 30.0 Å². The molecule has 118 valence electrons. The maximum absolute atomic E-state index is 10.9. The molecule has 0 bridgehead atoms. The highest BCUT2D eigenvalue weighted by molar-refractivity contribution is 7.99. The number of fused-ring (bicyclic) bond motifs is 1. The molecule has 0 aliphatic carbocycles. The normalized spacial score (nSPS) is 16.3. The zero-order valence-electron chi connectivity index (χ0n) is 13.4. The fourth-order valence-electron chi connectivity index (χ4n) is 2.79. The third-order valence-corrected chi connectivity index (χ3v) is 5.42. The van der Waals surface area contributed by atoms with Crippen LogP contribution in [-0.2, 0) is 5.41 Å². The molecule has 0 fully saturated rings. The monoisotopic (exact) mass is 324 g/mol. The second-order valence-corrected chi connectivity index (χ2v) is 7.64. The van der Waals surface area contributed by atoms with Gasteiger partial charge in [0.05, 0.1) is 5.56 Å². The minimum absolute atomic E-state index is 0.230. The fourth-order valence-corrected chi connectivity index (χ4v) is 4.27. The molecule has 23 heavy (non-hydrogen) atoms. The predicted molar refractivity (Wildman–Crippen MR) is 97.1 cm³/mol. The Bertz CT molecular complexity index is 758. The highest BCUT2D eigenvalue weighted by Crippen LogP contribution is 2.41. The minimum atomic E-state index is -0.894. The molecule has 0 spiro atoms. The quantitative estimate of drug-likeness (QED) is 0.776. The van der Waals surface area contributed by atoms with Gasteiger partial charge in [-0.3, -0.25) is 0 Å². The van der Waals surface area contributed by atoms with E-state index in [9.17, 15) is 4.79 Å². The van der Waals surface area contributed by atoms with Crippen LogP contribution < -0.4 is 0 Å². The lowest BCUT2D eigenvalue weighted by atomic mass is 9.81. The van der Waals surface area contributed by atoms with Crippen LogP contribution in [-0.4, -0.2) is 16.8 Å². The summed E-state index contributed by atoms with van der Waals surface area (Å²) in [5.41, 5.74) is 4.16. The maximum Gasteiger partial charge on any atom is 0.335 e. The molecule has 2 nitrogen and oxygen atoms in total. The van der Waals surface area contributed by atoms with E-state index in [1.165, 1.54) is 28.2 Å². The van der Waals surface area contributed by atoms with Gasteiger partial charge in [0.2, 0.25) is 0 Å². The molecule has 1 aliphatic heterocycles. The van der Waals surface area contributed by atoms with Gasteiger partial charge in [0.1, 0.15) is 0 Å². The number of benzene rings is 2. The van der Waals surface area contributed by atoms with Crippen molar-refractivity contribution in [3.05, 3.63) is 64.7 Å². The van der Waals surface area contributed by atoms with Gasteiger partial charge in [-0.15, -0.1) is 11.8 Å². The summed E-state index contributed by atoms with van der Waals surface area (Å²) in [6, 6.07) is 13.6. The van der Waals surface area contributed by atoms with E-state index in [0.29, 0.717) is 5.56 Å². The van der Waals surface area contributed by atoms with E-state index in [1.54, 1.807) is 12.1 Å². The second-order valence-electron chi connectivity index (χ2n) is 6.50. The average molecular weight is 324 g/mol. The first-order valence-electron chi connectivity index (χ1n) is 7.74. The Balaban J connectivity index is 1.84. The van der Waals surface area contributed by atoms with Crippen LogP contribution in [0.2, 0.25) is 0 Å². The Morgan fingerprint density at radius 2 is 1.74 bits per heavy atom. The van der Waals surface area contributed by atoms with Crippen LogP contribution in [0.4, 0.5) is 0 Å². The Labute approximate surface area is 141 Å². The van der Waals surface area contributed by atoms with Crippen LogP contribution in [0, 0.1) is 0 Å². The topological polar surface area (TPSA) is 37.3 Å². The average Bonchev–Trinajstić information content (AvgIpc) is 2.53. The summed E-state index contributed by atoms with van der Waals surface area (Å²) >= 11 is 1.94. The molecule has 1 N–H and O–H groups in total. The van der Waals surface area contributed by atoms with Crippen molar-refractivity contribution in [3.8, 4) is 0 Å². The smallest absolute Gasteiger partial charge is 0.335 e. The highest BCUT2D eigenvalue weighted by atomic mass is 32.2. The predicted octanol–water partition coefficient (Wildman–Crippen LogP) is 5.33. The van der Waals surface area contributed by atoms with E-state index in [4.69, 9.17) is 5.11 Å². The molecule has 0 radical (unpaired) electrons. The molecule has 0 unspecified atom stereocenters. The van der Waals surface area contributed by atoms with Crippen molar-refractivity contribution in [1.29, 1.82) is 0 Å². The summed E-state index contributed by atoms with van der Waals surface area (Å²) < 4.78 is 0. The van der Waals surface area contributed by atoms with E-state index < -0.39 is 5.97 Å². The lowest BCUT2D eigenvalue weighted by Crippen LogP contribution is -2.22. The Morgan fingerprint density at radius 1 is 1.09 bits per heavy atom. The molecule has 1 heterocycles. The molecule has 1 aliphatic rings. The fraction of sp³-hybridized carbons (Fsp3) is 0.250. The summed E-state index contributed by atoms with van der Waals surface area (Å²) in [5, 5.41) is 8.93. The molecule has 2 aromatic rings. The van der Waals surface area contributed by atoms with Crippen molar-refractivity contribution in [1.82, 2.24) is 0 Å². The van der Waals surface area contributed by atoms with Crippen molar-refractivity contribution in [2.75, 3.05) is 5.75 Å². The van der Waals surface area contributed by atoms with Crippen molar-refractivity contribution < 1.29 is 9.90 Å². The summed E-state index contributed by atoms with van der Waals surface area (Å²) in [7, 11) is 0. The molecular weight excluding hydrogens is 304 g/mol. The van der Waals surface area contributed by atoms with E-state index in [2.05, 4.69) is 38.1 Å². The van der Waals surface area contributed by atoms with Gasteiger partial charge < -0.3 is 5.11 Å². The molecule has 0 amide bonds. The number of aromatic carboxylic acids is 1. The van der Waals surface area contributed by atoms with Crippen LogP contribution in [0.25, 0.3) is 12.2 Å². The van der Waals surface area contributed by atoms with Crippen molar-refractivity contribution in [2.45, 2.75) is 30.6 Å². The minimum Gasteiger partial charge on any atom is -0.478 e. The third kappa shape index (κ3) is 3.50. The number of carbonyl (C=O) groups is 1. The highest BCUT2D eigenvalue weighted by Gasteiger charge is 2.27. The lowest BCUT2D eigenvalue weighted by Gasteiger charge is -2.32. The first kappa shape index (κ1) is 15.9. The Morgan fingerprint density at radius 3 is 2.43 bits per heavy atom. The van der Waals surface area contributed by atoms with E-state index in [0.717, 1.165) is 5.56 Å². The van der Waals surface area contributed by atoms with Crippen molar-refractivity contribution in [3.63, 3.8) is 0 Å². The standard InChI is InChI=1S/C20H20O2S/c1-20(2)11-12-23-18-10-7-15(13-17(18)20)4-3-14-5-8-16(9-6-14)19(21)22/h3-10,13H,11-12H2,1-2H3,(H,21,22)/b4-3+. The Hall–Kier alpha value is -2.00. The van der Waals surface area contributed by atoms with Crippen LogP contribution >= 0.6 is 11.8 Å². The maximum atomic E-state index is 10.9. The molecule has 3 rings (SSSR count). The van der Waals surface area contributed by atoms with Gasteiger partial charge in [-0.25, -0.2) is 4.79 Å². The van der Waals surface area contributed by atoms with Crippen LogP contribution in [0.5, 0.6) is 0 Å². The van der Waals surface area contributed by atoms with Crippen molar-refractivity contribution >= 4 is 29.9 Å². The first-order valence-corrected chi connectivity index (χ1v) is 8.73. The zero-order valence-corrected chi connectivity index (χ0v) is 14.2. The van der Waals surface area contributed by atoms with Gasteiger partial charge in [0.25, 0.3) is 0 Å². The number of carboxylic acids is 1. The van der Waals surface area contributed by atoms with Gasteiger partial charge in [0, 0.05) is 4.90 Å². The van der Waals surface area contributed by atoms with Gasteiger partial charge in [-0.05, 0) is 52.5 Å². The van der Waals surface area contributed by atoms with E-state index in [-0.39, 0.29) is 5.41 Å². The third-order valence-electron chi connectivity index (χ3n) is 4.34. The number of hydrogen-bond donors (Lipinski definition) is 1.